The molecule has 1 atom stereocenters. The predicted molar refractivity (Wildman–Crippen MR) is 51.2 cm³/mol. The van der Waals surface area contributed by atoms with Crippen LogP contribution in [0.1, 0.15) is 38.5 Å². The number of rotatable bonds is 3. The lowest BCUT2D eigenvalue weighted by Crippen LogP contribution is -2.21. The summed E-state index contributed by atoms with van der Waals surface area (Å²) in [6, 6.07) is -0.192. The zero-order chi connectivity index (χ0) is 9.52. The van der Waals surface area contributed by atoms with Gasteiger partial charge in [0.25, 0.3) is 0 Å². The molecule has 4 heteroatoms. The Morgan fingerprint density at radius 3 is 2.38 bits per heavy atom. The van der Waals surface area contributed by atoms with E-state index >= 15 is 0 Å². The maximum atomic E-state index is 9.04. The van der Waals surface area contributed by atoms with Crippen LogP contribution in [0.15, 0.2) is 5.11 Å². The van der Waals surface area contributed by atoms with E-state index in [-0.39, 0.29) is 12.6 Å². The quantitative estimate of drug-likeness (QED) is 0.311. The molecule has 0 aromatic heterocycles. The molecule has 1 unspecified atom stereocenters. The molecular formula is C9H17N3O. The third kappa shape index (κ3) is 3.25. The second kappa shape index (κ2) is 5.84. The molecule has 1 rings (SSSR count). The maximum absolute atomic E-state index is 9.04. The van der Waals surface area contributed by atoms with Crippen LogP contribution in [0.3, 0.4) is 0 Å². The molecule has 0 radical (unpaired) electrons. The molecule has 4 nitrogen and oxygen atoms in total. The molecule has 1 fully saturated rings. The van der Waals surface area contributed by atoms with E-state index in [4.69, 9.17) is 10.6 Å². The van der Waals surface area contributed by atoms with Gasteiger partial charge in [-0.2, -0.15) is 0 Å². The standard InChI is InChI=1S/C9H17N3O/c10-12-11-9(7-13)8-5-3-1-2-4-6-8/h8-9,13H,1-7H2. The molecule has 0 aromatic rings. The highest BCUT2D eigenvalue weighted by molar-refractivity contribution is 4.77. The molecule has 13 heavy (non-hydrogen) atoms. The summed E-state index contributed by atoms with van der Waals surface area (Å²) >= 11 is 0. The smallest absolute Gasteiger partial charge is 0.0633 e. The van der Waals surface area contributed by atoms with Crippen LogP contribution in [0.25, 0.3) is 10.4 Å². The van der Waals surface area contributed by atoms with Gasteiger partial charge in [-0.05, 0) is 24.3 Å². The van der Waals surface area contributed by atoms with Gasteiger partial charge in [0.05, 0.1) is 12.6 Å². The van der Waals surface area contributed by atoms with Crippen molar-refractivity contribution in [3.8, 4) is 0 Å². The summed E-state index contributed by atoms with van der Waals surface area (Å²) in [6.45, 7) is -0.00523. The van der Waals surface area contributed by atoms with Gasteiger partial charge in [-0.1, -0.05) is 30.8 Å². The van der Waals surface area contributed by atoms with E-state index in [1.807, 2.05) is 0 Å². The first-order valence-corrected chi connectivity index (χ1v) is 5.03. The van der Waals surface area contributed by atoms with Gasteiger partial charge >= 0.3 is 0 Å². The van der Waals surface area contributed by atoms with Crippen LogP contribution < -0.4 is 0 Å². The molecule has 1 aliphatic carbocycles. The molecule has 1 aliphatic rings. The summed E-state index contributed by atoms with van der Waals surface area (Å²) in [4.78, 5) is 2.78. The summed E-state index contributed by atoms with van der Waals surface area (Å²) in [5.41, 5.74) is 8.32. The largest absolute Gasteiger partial charge is 0.396 e. The number of azide groups is 1. The topological polar surface area (TPSA) is 69.0 Å². The fraction of sp³-hybridized carbons (Fsp3) is 1.00. The van der Waals surface area contributed by atoms with Gasteiger partial charge in [0.1, 0.15) is 0 Å². The summed E-state index contributed by atoms with van der Waals surface area (Å²) in [7, 11) is 0. The Balaban J connectivity index is 2.49. The number of nitrogens with zero attached hydrogens (tertiary/aromatic N) is 3. The Morgan fingerprint density at radius 1 is 1.31 bits per heavy atom. The van der Waals surface area contributed by atoms with E-state index in [1.165, 1.54) is 25.7 Å². The maximum Gasteiger partial charge on any atom is 0.0633 e. The van der Waals surface area contributed by atoms with Crippen molar-refractivity contribution in [2.24, 2.45) is 11.0 Å². The molecule has 0 aliphatic heterocycles. The molecular weight excluding hydrogens is 166 g/mol. The molecule has 0 aromatic carbocycles. The second-order valence-corrected chi connectivity index (χ2v) is 3.71. The van der Waals surface area contributed by atoms with Crippen LogP contribution in [-0.2, 0) is 0 Å². The third-order valence-electron chi connectivity index (χ3n) is 2.83. The van der Waals surface area contributed by atoms with Crippen molar-refractivity contribution in [3.05, 3.63) is 10.4 Å². The number of hydrogen-bond donors (Lipinski definition) is 1. The van der Waals surface area contributed by atoms with Gasteiger partial charge in [-0.15, -0.1) is 0 Å². The highest BCUT2D eigenvalue weighted by atomic mass is 16.3. The van der Waals surface area contributed by atoms with E-state index < -0.39 is 0 Å². The Bertz CT molecular complexity index is 181. The van der Waals surface area contributed by atoms with Crippen LogP contribution >= 0.6 is 0 Å². The SMILES string of the molecule is [N-]=[N+]=NC(CO)C1CCCCCC1. The highest BCUT2D eigenvalue weighted by Gasteiger charge is 2.20. The van der Waals surface area contributed by atoms with Gasteiger partial charge in [-0.3, -0.25) is 0 Å². The average Bonchev–Trinajstić information content (AvgIpc) is 2.42. The van der Waals surface area contributed by atoms with Crippen LogP contribution in [0.2, 0.25) is 0 Å². The molecule has 74 valence electrons. The van der Waals surface area contributed by atoms with Crippen LogP contribution in [-0.4, -0.2) is 17.8 Å². The van der Waals surface area contributed by atoms with Gasteiger partial charge in [0, 0.05) is 4.91 Å². The lowest BCUT2D eigenvalue weighted by atomic mass is 9.93. The minimum absolute atomic E-state index is 0.00523. The molecule has 0 amide bonds. The van der Waals surface area contributed by atoms with Crippen molar-refractivity contribution < 1.29 is 5.11 Å². The predicted octanol–water partition coefficient (Wildman–Crippen LogP) is 2.63. The zero-order valence-corrected chi connectivity index (χ0v) is 7.89. The number of aliphatic hydroxyl groups is 1. The van der Waals surface area contributed by atoms with E-state index in [2.05, 4.69) is 10.0 Å². The number of aliphatic hydroxyl groups excluding tert-OH is 1. The molecule has 0 spiro atoms. The molecule has 1 N–H and O–H groups in total. The average molecular weight is 183 g/mol. The second-order valence-electron chi connectivity index (χ2n) is 3.71. The molecule has 0 saturated heterocycles. The van der Waals surface area contributed by atoms with Crippen molar-refractivity contribution >= 4 is 0 Å². The molecule has 1 saturated carbocycles. The van der Waals surface area contributed by atoms with E-state index in [1.54, 1.807) is 0 Å². The van der Waals surface area contributed by atoms with Crippen molar-refractivity contribution in [2.75, 3.05) is 6.61 Å². The summed E-state index contributed by atoms with van der Waals surface area (Å²) in [5, 5.41) is 12.7. The fourth-order valence-corrected chi connectivity index (χ4v) is 2.04. The number of hydrogen-bond acceptors (Lipinski definition) is 2. The van der Waals surface area contributed by atoms with E-state index in [0.29, 0.717) is 5.92 Å². The monoisotopic (exact) mass is 183 g/mol. The van der Waals surface area contributed by atoms with Crippen molar-refractivity contribution in [2.45, 2.75) is 44.6 Å². The summed E-state index contributed by atoms with van der Waals surface area (Å²) < 4.78 is 0. The summed E-state index contributed by atoms with van der Waals surface area (Å²) in [5.74, 6) is 0.406. The fourth-order valence-electron chi connectivity index (χ4n) is 2.04. The van der Waals surface area contributed by atoms with Gasteiger partial charge in [-0.25, -0.2) is 0 Å². The first-order chi connectivity index (χ1) is 6.38. The van der Waals surface area contributed by atoms with Crippen LogP contribution in [0, 0.1) is 5.92 Å². The third-order valence-corrected chi connectivity index (χ3v) is 2.83. The first kappa shape index (κ1) is 10.4. The van der Waals surface area contributed by atoms with Crippen molar-refractivity contribution in [1.82, 2.24) is 0 Å². The highest BCUT2D eigenvalue weighted by Crippen LogP contribution is 2.26. The Hall–Kier alpha value is -0.730. The van der Waals surface area contributed by atoms with Gasteiger partial charge in [0.2, 0.25) is 0 Å². The Labute approximate surface area is 78.6 Å². The minimum atomic E-state index is -0.192. The first-order valence-electron chi connectivity index (χ1n) is 5.03. The Morgan fingerprint density at radius 2 is 1.92 bits per heavy atom. The lowest BCUT2D eigenvalue weighted by molar-refractivity contribution is 0.216. The zero-order valence-electron chi connectivity index (χ0n) is 7.89. The van der Waals surface area contributed by atoms with E-state index in [0.717, 1.165) is 12.8 Å². The van der Waals surface area contributed by atoms with Crippen molar-refractivity contribution in [3.63, 3.8) is 0 Å². The minimum Gasteiger partial charge on any atom is -0.396 e. The van der Waals surface area contributed by atoms with Crippen molar-refractivity contribution in [1.29, 1.82) is 0 Å². The Kier molecular flexibility index (Phi) is 4.65. The van der Waals surface area contributed by atoms with E-state index in [9.17, 15) is 0 Å². The normalized spacial score (nSPS) is 21.6. The molecule has 0 bridgehead atoms. The van der Waals surface area contributed by atoms with Gasteiger partial charge < -0.3 is 5.11 Å². The molecule has 0 heterocycles. The van der Waals surface area contributed by atoms with Crippen LogP contribution in [0.5, 0.6) is 0 Å². The lowest BCUT2D eigenvalue weighted by Gasteiger charge is -2.19. The van der Waals surface area contributed by atoms with Gasteiger partial charge in [0.15, 0.2) is 0 Å². The summed E-state index contributed by atoms with van der Waals surface area (Å²) in [6.07, 6.45) is 7.19. The van der Waals surface area contributed by atoms with Crippen LogP contribution in [0.4, 0.5) is 0 Å².